The summed E-state index contributed by atoms with van der Waals surface area (Å²) in [6.07, 6.45) is 0. The second-order valence-corrected chi connectivity index (χ2v) is 3.32. The lowest BCUT2D eigenvalue weighted by molar-refractivity contribution is -0.124. The quantitative estimate of drug-likeness (QED) is 0.720. The van der Waals surface area contributed by atoms with E-state index in [2.05, 4.69) is 10.6 Å². The Morgan fingerprint density at radius 2 is 2.07 bits per heavy atom. The molecule has 0 spiro atoms. The summed E-state index contributed by atoms with van der Waals surface area (Å²) in [6.45, 7) is 1.05. The second-order valence-electron chi connectivity index (χ2n) is 3.32. The molecule has 1 fully saturated rings. The minimum Gasteiger partial charge on any atom is -0.353 e. The summed E-state index contributed by atoms with van der Waals surface area (Å²) in [5.41, 5.74) is 0.0483. The molecule has 1 saturated heterocycles. The van der Waals surface area contributed by atoms with Crippen molar-refractivity contribution in [1.29, 1.82) is 0 Å². The number of amides is 1. The molecule has 0 saturated carbocycles. The molecule has 1 aromatic rings. The highest BCUT2D eigenvalue weighted by atomic mass is 19.2. The molecule has 1 aliphatic heterocycles. The van der Waals surface area contributed by atoms with Crippen LogP contribution in [-0.2, 0) is 4.79 Å². The molecule has 2 rings (SSSR count). The van der Waals surface area contributed by atoms with Gasteiger partial charge in [-0.05, 0) is 6.07 Å². The molecule has 15 heavy (non-hydrogen) atoms. The van der Waals surface area contributed by atoms with Gasteiger partial charge in [-0.3, -0.25) is 4.79 Å². The highest BCUT2D eigenvalue weighted by molar-refractivity contribution is 5.83. The Bertz CT molecular complexity index is 395. The van der Waals surface area contributed by atoms with Crippen LogP contribution in [0, 0.1) is 11.6 Å². The summed E-state index contributed by atoms with van der Waals surface area (Å²) in [4.78, 5) is 11.4. The van der Waals surface area contributed by atoms with Crippen LogP contribution in [0.2, 0.25) is 0 Å². The van der Waals surface area contributed by atoms with Crippen molar-refractivity contribution in [1.82, 2.24) is 10.6 Å². The average molecular weight is 212 g/mol. The van der Waals surface area contributed by atoms with E-state index in [0.29, 0.717) is 13.1 Å². The summed E-state index contributed by atoms with van der Waals surface area (Å²) >= 11 is 0. The fraction of sp³-hybridized carbons (Fsp3) is 0.300. The van der Waals surface area contributed by atoms with Gasteiger partial charge in [0.1, 0.15) is 6.04 Å². The molecule has 3 nitrogen and oxygen atoms in total. The standard InChI is InChI=1S/C10H10F2N2O/c11-7-3-1-2-6(8(7)12)9-10(15)14-5-4-13-9/h1-3,9,13H,4-5H2,(H,14,15)/t9-/m1/s1. The predicted octanol–water partition coefficient (Wildman–Crippen LogP) is 0.725. The molecule has 2 N–H and O–H groups in total. The maximum atomic E-state index is 13.4. The third kappa shape index (κ3) is 1.83. The van der Waals surface area contributed by atoms with E-state index >= 15 is 0 Å². The smallest absolute Gasteiger partial charge is 0.241 e. The van der Waals surface area contributed by atoms with Gasteiger partial charge >= 0.3 is 0 Å². The van der Waals surface area contributed by atoms with E-state index in [-0.39, 0.29) is 11.5 Å². The van der Waals surface area contributed by atoms with Crippen LogP contribution in [0.4, 0.5) is 8.78 Å². The first kappa shape index (κ1) is 10.0. The van der Waals surface area contributed by atoms with E-state index in [1.807, 2.05) is 0 Å². The van der Waals surface area contributed by atoms with E-state index in [1.165, 1.54) is 12.1 Å². The van der Waals surface area contributed by atoms with Crippen molar-refractivity contribution in [3.8, 4) is 0 Å². The summed E-state index contributed by atoms with van der Waals surface area (Å²) in [5, 5.41) is 5.42. The Morgan fingerprint density at radius 1 is 1.27 bits per heavy atom. The molecule has 1 amide bonds. The van der Waals surface area contributed by atoms with Crippen molar-refractivity contribution in [2.75, 3.05) is 13.1 Å². The largest absolute Gasteiger partial charge is 0.353 e. The number of hydrogen-bond donors (Lipinski definition) is 2. The monoisotopic (exact) mass is 212 g/mol. The van der Waals surface area contributed by atoms with Crippen molar-refractivity contribution >= 4 is 5.91 Å². The van der Waals surface area contributed by atoms with E-state index in [0.717, 1.165) is 6.07 Å². The molecule has 5 heteroatoms. The number of carbonyl (C=O) groups is 1. The van der Waals surface area contributed by atoms with Crippen molar-refractivity contribution in [2.24, 2.45) is 0 Å². The normalized spacial score (nSPS) is 21.2. The molecule has 0 aromatic heterocycles. The van der Waals surface area contributed by atoms with Crippen LogP contribution >= 0.6 is 0 Å². The van der Waals surface area contributed by atoms with Gasteiger partial charge in [0, 0.05) is 18.7 Å². The third-order valence-electron chi connectivity index (χ3n) is 2.33. The summed E-state index contributed by atoms with van der Waals surface area (Å²) in [7, 11) is 0. The van der Waals surface area contributed by atoms with Crippen molar-refractivity contribution in [2.45, 2.75) is 6.04 Å². The number of halogens is 2. The highest BCUT2D eigenvalue weighted by Crippen LogP contribution is 2.20. The number of carbonyl (C=O) groups excluding carboxylic acids is 1. The van der Waals surface area contributed by atoms with Crippen LogP contribution in [0.1, 0.15) is 11.6 Å². The Kier molecular flexibility index (Phi) is 2.64. The fourth-order valence-electron chi connectivity index (χ4n) is 1.59. The number of nitrogens with one attached hydrogen (secondary N) is 2. The predicted molar refractivity (Wildman–Crippen MR) is 50.1 cm³/mol. The Morgan fingerprint density at radius 3 is 2.80 bits per heavy atom. The first-order valence-corrected chi connectivity index (χ1v) is 4.65. The van der Waals surface area contributed by atoms with E-state index in [4.69, 9.17) is 0 Å². The number of rotatable bonds is 1. The molecule has 1 aromatic carbocycles. The molecular weight excluding hydrogens is 202 g/mol. The lowest BCUT2D eigenvalue weighted by Crippen LogP contribution is -2.47. The SMILES string of the molecule is O=C1NCCN[C@@H]1c1cccc(F)c1F. The molecule has 0 unspecified atom stereocenters. The first-order valence-electron chi connectivity index (χ1n) is 4.65. The Hall–Kier alpha value is -1.49. The van der Waals surface area contributed by atoms with Gasteiger partial charge in [0.15, 0.2) is 11.6 Å². The highest BCUT2D eigenvalue weighted by Gasteiger charge is 2.26. The van der Waals surface area contributed by atoms with Crippen LogP contribution < -0.4 is 10.6 Å². The van der Waals surface area contributed by atoms with E-state index < -0.39 is 17.7 Å². The Labute approximate surface area is 85.5 Å². The van der Waals surface area contributed by atoms with E-state index in [1.54, 1.807) is 0 Å². The number of piperazine rings is 1. The molecular formula is C10H10F2N2O. The van der Waals surface area contributed by atoms with Crippen LogP contribution in [-0.4, -0.2) is 19.0 Å². The van der Waals surface area contributed by atoms with Crippen LogP contribution in [0.15, 0.2) is 18.2 Å². The van der Waals surface area contributed by atoms with Gasteiger partial charge in [0.25, 0.3) is 0 Å². The molecule has 0 radical (unpaired) electrons. The van der Waals surface area contributed by atoms with Gasteiger partial charge < -0.3 is 10.6 Å². The van der Waals surface area contributed by atoms with Gasteiger partial charge in [-0.1, -0.05) is 12.1 Å². The zero-order valence-corrected chi connectivity index (χ0v) is 7.89. The summed E-state index contributed by atoms with van der Waals surface area (Å²) in [5.74, 6) is -2.23. The van der Waals surface area contributed by atoms with Gasteiger partial charge in [0.2, 0.25) is 5.91 Å². The minimum atomic E-state index is -0.966. The van der Waals surface area contributed by atoms with Gasteiger partial charge in [-0.25, -0.2) is 8.78 Å². The van der Waals surface area contributed by atoms with Crippen LogP contribution in [0.5, 0.6) is 0 Å². The lowest BCUT2D eigenvalue weighted by atomic mass is 10.0. The topological polar surface area (TPSA) is 41.1 Å². The van der Waals surface area contributed by atoms with Gasteiger partial charge in [-0.2, -0.15) is 0 Å². The minimum absolute atomic E-state index is 0.0483. The number of benzene rings is 1. The van der Waals surface area contributed by atoms with Gasteiger partial charge in [0.05, 0.1) is 0 Å². The van der Waals surface area contributed by atoms with Crippen LogP contribution in [0.3, 0.4) is 0 Å². The molecule has 80 valence electrons. The average Bonchev–Trinajstić information content (AvgIpc) is 2.23. The molecule has 0 aliphatic carbocycles. The first-order chi connectivity index (χ1) is 7.20. The summed E-state index contributed by atoms with van der Waals surface area (Å²) < 4.78 is 26.3. The second kappa shape index (κ2) is 3.94. The maximum Gasteiger partial charge on any atom is 0.241 e. The number of hydrogen-bond acceptors (Lipinski definition) is 2. The van der Waals surface area contributed by atoms with Crippen molar-refractivity contribution < 1.29 is 13.6 Å². The zero-order chi connectivity index (χ0) is 10.8. The Balaban J connectivity index is 2.35. The van der Waals surface area contributed by atoms with Crippen LogP contribution in [0.25, 0.3) is 0 Å². The summed E-state index contributed by atoms with van der Waals surface area (Å²) in [6, 6.07) is 3.02. The maximum absolute atomic E-state index is 13.4. The van der Waals surface area contributed by atoms with E-state index in [9.17, 15) is 13.6 Å². The van der Waals surface area contributed by atoms with Crippen molar-refractivity contribution in [3.63, 3.8) is 0 Å². The molecule has 1 heterocycles. The molecule has 1 atom stereocenters. The third-order valence-corrected chi connectivity index (χ3v) is 2.33. The van der Waals surface area contributed by atoms with Crippen molar-refractivity contribution in [3.05, 3.63) is 35.4 Å². The fourth-order valence-corrected chi connectivity index (χ4v) is 1.59. The molecule has 1 aliphatic rings. The van der Waals surface area contributed by atoms with Gasteiger partial charge in [-0.15, -0.1) is 0 Å². The zero-order valence-electron chi connectivity index (χ0n) is 7.89. The lowest BCUT2D eigenvalue weighted by Gasteiger charge is -2.24. The molecule has 0 bridgehead atoms.